The summed E-state index contributed by atoms with van der Waals surface area (Å²) in [6.45, 7) is 4.67. The molecule has 2 aromatic rings. The van der Waals surface area contributed by atoms with Gasteiger partial charge in [0.05, 0.1) is 6.10 Å². The van der Waals surface area contributed by atoms with E-state index in [0.29, 0.717) is 13.0 Å². The van der Waals surface area contributed by atoms with Crippen molar-refractivity contribution in [1.82, 2.24) is 0 Å². The van der Waals surface area contributed by atoms with Crippen LogP contribution in [-0.4, -0.2) is 11.7 Å². The molecule has 0 aromatic heterocycles. The van der Waals surface area contributed by atoms with E-state index in [1.807, 2.05) is 24.3 Å². The molecule has 0 aliphatic heterocycles. The fourth-order valence-corrected chi connectivity index (χ4v) is 2.36. The molecule has 2 rings (SSSR count). The van der Waals surface area contributed by atoms with Crippen molar-refractivity contribution in [3.63, 3.8) is 0 Å². The van der Waals surface area contributed by atoms with Crippen molar-refractivity contribution in [2.45, 2.75) is 32.3 Å². The minimum absolute atomic E-state index is 0.178. The van der Waals surface area contributed by atoms with E-state index in [0.717, 1.165) is 11.1 Å². The summed E-state index contributed by atoms with van der Waals surface area (Å²) >= 11 is 0. The van der Waals surface area contributed by atoms with Crippen LogP contribution in [0.1, 0.15) is 47.6 Å². The van der Waals surface area contributed by atoms with Gasteiger partial charge in [0.15, 0.2) is 0 Å². The van der Waals surface area contributed by atoms with Gasteiger partial charge >= 0.3 is 0 Å². The first kappa shape index (κ1) is 16.3. The van der Waals surface area contributed by atoms with Crippen LogP contribution in [0.2, 0.25) is 0 Å². The van der Waals surface area contributed by atoms with Gasteiger partial charge in [-0.25, -0.2) is 0 Å². The molecule has 0 amide bonds. The number of benzene rings is 2. The Kier molecular flexibility index (Phi) is 5.77. The standard InChI is InChI=1S/C20H23NO/c1-15-5-3-7-18(13-15)16(2)9-10-17-6-4-8-19(14-17)20(22)11-12-21/h3-8,13-14,16,20,22H,11-12,21H2,1-2H3. The second kappa shape index (κ2) is 7.79. The normalized spacial score (nSPS) is 13.1. The number of aliphatic hydroxyl groups is 1. The first-order chi connectivity index (χ1) is 10.6. The third kappa shape index (κ3) is 4.46. The molecule has 0 bridgehead atoms. The van der Waals surface area contributed by atoms with Gasteiger partial charge in [-0.2, -0.15) is 0 Å². The molecule has 0 aliphatic rings. The predicted molar refractivity (Wildman–Crippen MR) is 91.5 cm³/mol. The molecule has 114 valence electrons. The summed E-state index contributed by atoms with van der Waals surface area (Å²) in [5.41, 5.74) is 9.77. The average molecular weight is 293 g/mol. The zero-order valence-corrected chi connectivity index (χ0v) is 13.2. The lowest BCUT2D eigenvalue weighted by molar-refractivity contribution is 0.170. The first-order valence-electron chi connectivity index (χ1n) is 7.66. The smallest absolute Gasteiger partial charge is 0.0802 e. The largest absolute Gasteiger partial charge is 0.388 e. The molecule has 22 heavy (non-hydrogen) atoms. The van der Waals surface area contributed by atoms with E-state index in [-0.39, 0.29) is 5.92 Å². The van der Waals surface area contributed by atoms with Crippen LogP contribution in [0, 0.1) is 18.8 Å². The Labute approximate surface area is 133 Å². The Balaban J connectivity index is 2.16. The maximum Gasteiger partial charge on any atom is 0.0802 e. The molecule has 2 atom stereocenters. The first-order valence-corrected chi connectivity index (χ1v) is 7.66. The zero-order chi connectivity index (χ0) is 15.9. The van der Waals surface area contributed by atoms with Crippen LogP contribution in [0.5, 0.6) is 0 Å². The molecule has 2 unspecified atom stereocenters. The topological polar surface area (TPSA) is 46.2 Å². The van der Waals surface area contributed by atoms with Crippen LogP contribution < -0.4 is 5.73 Å². The van der Waals surface area contributed by atoms with Crippen molar-refractivity contribution < 1.29 is 5.11 Å². The van der Waals surface area contributed by atoms with E-state index >= 15 is 0 Å². The summed E-state index contributed by atoms with van der Waals surface area (Å²) in [5, 5.41) is 10.0. The van der Waals surface area contributed by atoms with Crippen molar-refractivity contribution in [2.75, 3.05) is 6.54 Å². The van der Waals surface area contributed by atoms with Crippen molar-refractivity contribution in [3.05, 3.63) is 70.8 Å². The molecule has 2 aromatic carbocycles. The van der Waals surface area contributed by atoms with Gasteiger partial charge in [-0.1, -0.05) is 53.8 Å². The third-order valence-electron chi connectivity index (χ3n) is 3.69. The highest BCUT2D eigenvalue weighted by Crippen LogP contribution is 2.18. The Bertz CT molecular complexity index is 681. The minimum atomic E-state index is -0.513. The zero-order valence-electron chi connectivity index (χ0n) is 13.2. The molecule has 0 spiro atoms. The van der Waals surface area contributed by atoms with E-state index in [1.165, 1.54) is 11.1 Å². The van der Waals surface area contributed by atoms with Crippen molar-refractivity contribution >= 4 is 0 Å². The number of aliphatic hydroxyl groups excluding tert-OH is 1. The average Bonchev–Trinajstić information content (AvgIpc) is 2.53. The Morgan fingerprint density at radius 1 is 1.09 bits per heavy atom. The predicted octanol–water partition coefficient (Wildman–Crippen LogP) is 3.53. The van der Waals surface area contributed by atoms with Gasteiger partial charge in [-0.3, -0.25) is 0 Å². The second-order valence-electron chi connectivity index (χ2n) is 5.62. The summed E-state index contributed by atoms with van der Waals surface area (Å²) < 4.78 is 0. The van der Waals surface area contributed by atoms with Crippen molar-refractivity contribution in [2.24, 2.45) is 5.73 Å². The molecule has 0 fully saturated rings. The molecule has 0 radical (unpaired) electrons. The van der Waals surface area contributed by atoms with E-state index < -0.39 is 6.10 Å². The van der Waals surface area contributed by atoms with Crippen LogP contribution >= 0.6 is 0 Å². The minimum Gasteiger partial charge on any atom is -0.388 e. The van der Waals surface area contributed by atoms with Crippen molar-refractivity contribution in [1.29, 1.82) is 0 Å². The van der Waals surface area contributed by atoms with Gasteiger partial charge in [0.1, 0.15) is 0 Å². The maximum absolute atomic E-state index is 10.0. The quantitative estimate of drug-likeness (QED) is 0.847. The Morgan fingerprint density at radius 3 is 2.55 bits per heavy atom. The van der Waals surface area contributed by atoms with Crippen LogP contribution in [-0.2, 0) is 0 Å². The Morgan fingerprint density at radius 2 is 1.82 bits per heavy atom. The molecule has 2 nitrogen and oxygen atoms in total. The number of hydrogen-bond donors (Lipinski definition) is 2. The van der Waals surface area contributed by atoms with Crippen LogP contribution in [0.15, 0.2) is 48.5 Å². The summed E-state index contributed by atoms with van der Waals surface area (Å²) in [6, 6.07) is 16.2. The molecule has 0 saturated carbocycles. The Hall–Kier alpha value is -2.08. The summed E-state index contributed by atoms with van der Waals surface area (Å²) in [7, 11) is 0. The van der Waals surface area contributed by atoms with Gasteiger partial charge in [0.25, 0.3) is 0 Å². The van der Waals surface area contributed by atoms with Crippen LogP contribution in [0.25, 0.3) is 0 Å². The van der Waals surface area contributed by atoms with Crippen LogP contribution in [0.4, 0.5) is 0 Å². The molecule has 0 heterocycles. The fourth-order valence-electron chi connectivity index (χ4n) is 2.36. The SMILES string of the molecule is Cc1cccc(C(C)C#Cc2cccc(C(O)CCN)c2)c1. The maximum atomic E-state index is 10.0. The van der Waals surface area contributed by atoms with E-state index in [9.17, 15) is 5.11 Å². The molecule has 2 heteroatoms. The van der Waals surface area contributed by atoms with Gasteiger partial charge in [0.2, 0.25) is 0 Å². The monoisotopic (exact) mass is 293 g/mol. The van der Waals surface area contributed by atoms with Gasteiger partial charge in [-0.15, -0.1) is 0 Å². The van der Waals surface area contributed by atoms with E-state index in [2.05, 4.69) is 50.0 Å². The fraction of sp³-hybridized carbons (Fsp3) is 0.300. The number of nitrogens with two attached hydrogens (primary N) is 1. The lowest BCUT2D eigenvalue weighted by atomic mass is 9.99. The van der Waals surface area contributed by atoms with Crippen molar-refractivity contribution in [3.8, 4) is 11.8 Å². The molecular formula is C20H23NO. The third-order valence-corrected chi connectivity index (χ3v) is 3.69. The lowest BCUT2D eigenvalue weighted by Gasteiger charge is -2.09. The highest BCUT2D eigenvalue weighted by Gasteiger charge is 2.06. The number of rotatable bonds is 4. The molecule has 3 N–H and O–H groups in total. The highest BCUT2D eigenvalue weighted by molar-refractivity contribution is 5.40. The summed E-state index contributed by atoms with van der Waals surface area (Å²) in [4.78, 5) is 0. The molecular weight excluding hydrogens is 270 g/mol. The molecule has 0 saturated heterocycles. The van der Waals surface area contributed by atoms with E-state index in [1.54, 1.807) is 0 Å². The van der Waals surface area contributed by atoms with Gasteiger partial charge in [-0.05, 0) is 50.1 Å². The highest BCUT2D eigenvalue weighted by atomic mass is 16.3. The molecule has 0 aliphatic carbocycles. The number of aryl methyl sites for hydroxylation is 1. The van der Waals surface area contributed by atoms with Gasteiger partial charge < -0.3 is 10.8 Å². The van der Waals surface area contributed by atoms with Crippen LogP contribution in [0.3, 0.4) is 0 Å². The summed E-state index contributed by atoms with van der Waals surface area (Å²) in [6.07, 6.45) is 0.0530. The second-order valence-corrected chi connectivity index (χ2v) is 5.62. The van der Waals surface area contributed by atoms with Gasteiger partial charge in [0, 0.05) is 11.5 Å². The summed E-state index contributed by atoms with van der Waals surface area (Å²) in [5.74, 6) is 6.67. The number of hydrogen-bond acceptors (Lipinski definition) is 2. The lowest BCUT2D eigenvalue weighted by Crippen LogP contribution is -2.06. The van der Waals surface area contributed by atoms with E-state index in [4.69, 9.17) is 5.73 Å².